The lowest BCUT2D eigenvalue weighted by Crippen LogP contribution is -2.32. The number of hydrogen-bond acceptors (Lipinski definition) is 4. The first-order chi connectivity index (χ1) is 7.97. The van der Waals surface area contributed by atoms with Gasteiger partial charge in [-0.05, 0) is 51.4 Å². The predicted molar refractivity (Wildman–Crippen MR) is 72.0 cm³/mol. The van der Waals surface area contributed by atoms with E-state index >= 15 is 0 Å². The molecule has 0 aliphatic carbocycles. The molecule has 0 saturated carbocycles. The summed E-state index contributed by atoms with van der Waals surface area (Å²) in [6.07, 6.45) is 4.70. The van der Waals surface area contributed by atoms with Crippen LogP contribution < -0.4 is 5.32 Å². The lowest BCUT2D eigenvalue weighted by atomic mass is 10.1. The second kappa shape index (κ2) is 7.34. The first-order valence-corrected chi connectivity index (χ1v) is 8.64. The number of nitrogens with zero attached hydrogens (tertiary/aromatic N) is 1. The van der Waals surface area contributed by atoms with Gasteiger partial charge in [-0.3, -0.25) is 0 Å². The zero-order valence-corrected chi connectivity index (χ0v) is 11.9. The Balaban J connectivity index is 1.98. The quantitative estimate of drug-likeness (QED) is 0.656. The summed E-state index contributed by atoms with van der Waals surface area (Å²) in [6.45, 7) is 7.70. The van der Waals surface area contributed by atoms with Gasteiger partial charge >= 0.3 is 0 Å². The van der Waals surface area contributed by atoms with E-state index < -0.39 is 9.84 Å². The van der Waals surface area contributed by atoms with E-state index in [4.69, 9.17) is 0 Å². The molecule has 1 saturated heterocycles. The lowest BCUT2D eigenvalue weighted by Gasteiger charge is -2.20. The van der Waals surface area contributed by atoms with Crippen LogP contribution in [0.25, 0.3) is 0 Å². The molecule has 0 aromatic heterocycles. The van der Waals surface area contributed by atoms with Crippen LogP contribution in [0.3, 0.4) is 0 Å². The molecule has 0 aromatic carbocycles. The van der Waals surface area contributed by atoms with Gasteiger partial charge in [0.2, 0.25) is 0 Å². The van der Waals surface area contributed by atoms with Crippen molar-refractivity contribution in [2.24, 2.45) is 5.92 Å². The Hall–Kier alpha value is -0.130. The number of nitrogens with one attached hydrogen (secondary N) is 1. The Labute approximate surface area is 106 Å². The van der Waals surface area contributed by atoms with E-state index in [0.29, 0.717) is 11.7 Å². The van der Waals surface area contributed by atoms with Crippen molar-refractivity contribution >= 4 is 9.84 Å². The maximum Gasteiger partial charge on any atom is 0.147 e. The fraction of sp³-hybridized carbons (Fsp3) is 1.00. The van der Waals surface area contributed by atoms with Crippen molar-refractivity contribution < 1.29 is 8.42 Å². The maximum absolute atomic E-state index is 10.9. The van der Waals surface area contributed by atoms with Gasteiger partial charge in [0.15, 0.2) is 0 Å². The Morgan fingerprint density at radius 3 is 2.53 bits per heavy atom. The van der Waals surface area contributed by atoms with Gasteiger partial charge in [-0.25, -0.2) is 8.42 Å². The van der Waals surface area contributed by atoms with Crippen LogP contribution in [-0.2, 0) is 9.84 Å². The molecule has 1 aliphatic rings. The standard InChI is InChI=1S/C12H26N2O2S/c1-12(11-14-7-3-4-8-14)10-13-6-5-9-17(2,15)16/h12-13H,3-11H2,1-2H3. The van der Waals surface area contributed by atoms with E-state index in [1.807, 2.05) is 0 Å². The monoisotopic (exact) mass is 262 g/mol. The average Bonchev–Trinajstić information content (AvgIpc) is 2.68. The third-order valence-corrected chi connectivity index (χ3v) is 4.16. The van der Waals surface area contributed by atoms with Gasteiger partial charge in [0.05, 0.1) is 5.75 Å². The molecule has 1 rings (SSSR count). The fourth-order valence-electron chi connectivity index (χ4n) is 2.28. The predicted octanol–water partition coefficient (Wildman–Crippen LogP) is 0.743. The fourth-order valence-corrected chi connectivity index (χ4v) is 2.95. The summed E-state index contributed by atoms with van der Waals surface area (Å²) in [5, 5.41) is 3.34. The first kappa shape index (κ1) is 14.9. The van der Waals surface area contributed by atoms with Gasteiger partial charge in [0.25, 0.3) is 0 Å². The number of sulfone groups is 1. The van der Waals surface area contributed by atoms with Gasteiger partial charge in [-0.1, -0.05) is 6.92 Å². The van der Waals surface area contributed by atoms with Gasteiger partial charge in [0.1, 0.15) is 9.84 Å². The summed E-state index contributed by atoms with van der Waals surface area (Å²) >= 11 is 0. The smallest absolute Gasteiger partial charge is 0.147 e. The summed E-state index contributed by atoms with van der Waals surface area (Å²) in [5.74, 6) is 0.937. The molecular weight excluding hydrogens is 236 g/mol. The summed E-state index contributed by atoms with van der Waals surface area (Å²) in [5.41, 5.74) is 0. The van der Waals surface area contributed by atoms with Crippen molar-refractivity contribution in [2.75, 3.05) is 44.7 Å². The van der Waals surface area contributed by atoms with E-state index in [9.17, 15) is 8.42 Å². The average molecular weight is 262 g/mol. The molecule has 0 radical (unpaired) electrons. The van der Waals surface area contributed by atoms with Gasteiger partial charge in [-0.15, -0.1) is 0 Å². The summed E-state index contributed by atoms with van der Waals surface area (Å²) in [4.78, 5) is 2.52. The summed E-state index contributed by atoms with van der Waals surface area (Å²) in [7, 11) is -2.79. The minimum atomic E-state index is -2.79. The molecule has 1 fully saturated rings. The molecule has 4 nitrogen and oxygen atoms in total. The van der Waals surface area contributed by atoms with Crippen LogP contribution >= 0.6 is 0 Å². The molecule has 0 bridgehead atoms. The Bertz CT molecular complexity index is 298. The van der Waals surface area contributed by atoms with Crippen molar-refractivity contribution in [2.45, 2.75) is 26.2 Å². The summed E-state index contributed by atoms with van der Waals surface area (Å²) < 4.78 is 21.8. The molecular formula is C12H26N2O2S. The Kier molecular flexibility index (Phi) is 6.44. The highest BCUT2D eigenvalue weighted by Gasteiger charge is 2.14. The third kappa shape index (κ3) is 7.73. The van der Waals surface area contributed by atoms with E-state index in [0.717, 1.165) is 19.5 Å². The van der Waals surface area contributed by atoms with Gasteiger partial charge in [-0.2, -0.15) is 0 Å². The normalized spacial score (nSPS) is 19.6. The van der Waals surface area contributed by atoms with Crippen LogP contribution in [0.4, 0.5) is 0 Å². The van der Waals surface area contributed by atoms with Crippen LogP contribution in [0.15, 0.2) is 0 Å². The molecule has 102 valence electrons. The minimum Gasteiger partial charge on any atom is -0.316 e. The van der Waals surface area contributed by atoms with Crippen molar-refractivity contribution in [3.8, 4) is 0 Å². The molecule has 1 heterocycles. The SMILES string of the molecule is CC(CNCCCS(C)(=O)=O)CN1CCCC1. The van der Waals surface area contributed by atoms with Crippen LogP contribution in [0.1, 0.15) is 26.2 Å². The van der Waals surface area contributed by atoms with Gasteiger partial charge in [0, 0.05) is 12.8 Å². The molecule has 17 heavy (non-hydrogen) atoms. The highest BCUT2D eigenvalue weighted by molar-refractivity contribution is 7.90. The van der Waals surface area contributed by atoms with E-state index in [1.54, 1.807) is 0 Å². The first-order valence-electron chi connectivity index (χ1n) is 6.58. The van der Waals surface area contributed by atoms with E-state index in [-0.39, 0.29) is 0 Å². The Morgan fingerprint density at radius 1 is 1.29 bits per heavy atom. The minimum absolute atomic E-state index is 0.292. The van der Waals surface area contributed by atoms with Crippen LogP contribution in [0, 0.1) is 5.92 Å². The lowest BCUT2D eigenvalue weighted by molar-refractivity contribution is 0.283. The van der Waals surface area contributed by atoms with Crippen LogP contribution in [-0.4, -0.2) is 58.1 Å². The van der Waals surface area contributed by atoms with Crippen molar-refractivity contribution in [3.05, 3.63) is 0 Å². The number of likely N-dealkylation sites (tertiary alicyclic amines) is 1. The second-order valence-corrected chi connectivity index (χ2v) is 7.56. The largest absolute Gasteiger partial charge is 0.316 e. The van der Waals surface area contributed by atoms with Crippen LogP contribution in [0.2, 0.25) is 0 Å². The molecule has 1 atom stereocenters. The van der Waals surface area contributed by atoms with Crippen LogP contribution in [0.5, 0.6) is 0 Å². The molecule has 1 aliphatic heterocycles. The number of rotatable bonds is 8. The number of hydrogen-bond donors (Lipinski definition) is 1. The molecule has 5 heteroatoms. The van der Waals surface area contributed by atoms with E-state index in [2.05, 4.69) is 17.1 Å². The zero-order chi connectivity index (χ0) is 12.7. The van der Waals surface area contributed by atoms with E-state index in [1.165, 1.54) is 38.7 Å². The molecule has 0 spiro atoms. The van der Waals surface area contributed by atoms with Crippen molar-refractivity contribution in [1.29, 1.82) is 0 Å². The Morgan fingerprint density at radius 2 is 1.94 bits per heavy atom. The van der Waals surface area contributed by atoms with Crippen molar-refractivity contribution in [3.63, 3.8) is 0 Å². The highest BCUT2D eigenvalue weighted by Crippen LogP contribution is 2.09. The van der Waals surface area contributed by atoms with Crippen molar-refractivity contribution in [1.82, 2.24) is 10.2 Å². The second-order valence-electron chi connectivity index (χ2n) is 5.30. The maximum atomic E-state index is 10.9. The van der Waals surface area contributed by atoms with Gasteiger partial charge < -0.3 is 10.2 Å². The molecule has 1 unspecified atom stereocenters. The third-order valence-electron chi connectivity index (χ3n) is 3.13. The zero-order valence-electron chi connectivity index (χ0n) is 11.1. The topological polar surface area (TPSA) is 49.4 Å². The molecule has 0 amide bonds. The highest BCUT2D eigenvalue weighted by atomic mass is 32.2. The summed E-state index contributed by atoms with van der Waals surface area (Å²) in [6, 6.07) is 0. The molecule has 0 aromatic rings. The molecule has 1 N–H and O–H groups in total.